The zero-order chi connectivity index (χ0) is 10.1. The number of nitrogens with one attached hydrogen (secondary N) is 1. The van der Waals surface area contributed by atoms with E-state index in [4.69, 9.17) is 5.73 Å². The number of nitrogens with two attached hydrogens (primary N) is 1. The Kier molecular flexibility index (Phi) is 2.03. The normalized spacial score (nSPS) is 16.1. The van der Waals surface area contributed by atoms with Gasteiger partial charge in [0, 0.05) is 25.7 Å². The van der Waals surface area contributed by atoms with E-state index in [1.807, 2.05) is 0 Å². The van der Waals surface area contributed by atoms with Crippen LogP contribution in [0.4, 0.5) is 10.6 Å². The number of hydrogen-bond donors (Lipinski definition) is 2. The van der Waals surface area contributed by atoms with Crippen LogP contribution in [-0.4, -0.2) is 33.8 Å². The van der Waals surface area contributed by atoms with Crippen molar-refractivity contribution in [3.63, 3.8) is 0 Å². The van der Waals surface area contributed by atoms with Crippen molar-refractivity contribution in [2.75, 3.05) is 18.8 Å². The molecule has 0 aromatic carbocycles. The summed E-state index contributed by atoms with van der Waals surface area (Å²) in [5.41, 5.74) is 6.66. The van der Waals surface area contributed by atoms with Crippen molar-refractivity contribution in [3.8, 4) is 0 Å². The SMILES string of the molecule is Cn1ncc(CN2CCNC2=O)c1N. The predicted molar refractivity (Wildman–Crippen MR) is 51.4 cm³/mol. The van der Waals surface area contributed by atoms with E-state index in [-0.39, 0.29) is 6.03 Å². The lowest BCUT2D eigenvalue weighted by atomic mass is 10.3. The first-order valence-electron chi connectivity index (χ1n) is 4.47. The van der Waals surface area contributed by atoms with Crippen molar-refractivity contribution in [2.45, 2.75) is 6.54 Å². The topological polar surface area (TPSA) is 76.2 Å². The fourth-order valence-corrected chi connectivity index (χ4v) is 1.48. The molecule has 1 fully saturated rings. The van der Waals surface area contributed by atoms with Gasteiger partial charge in [-0.3, -0.25) is 4.68 Å². The van der Waals surface area contributed by atoms with Gasteiger partial charge in [0.05, 0.1) is 12.7 Å². The number of aryl methyl sites for hydroxylation is 1. The van der Waals surface area contributed by atoms with E-state index in [0.29, 0.717) is 18.9 Å². The van der Waals surface area contributed by atoms with Gasteiger partial charge >= 0.3 is 6.03 Å². The maximum Gasteiger partial charge on any atom is 0.317 e. The summed E-state index contributed by atoms with van der Waals surface area (Å²) in [5, 5.41) is 6.75. The van der Waals surface area contributed by atoms with E-state index in [1.165, 1.54) is 0 Å². The van der Waals surface area contributed by atoms with Crippen LogP contribution in [-0.2, 0) is 13.6 Å². The maximum atomic E-state index is 11.2. The minimum Gasteiger partial charge on any atom is -0.384 e. The zero-order valence-corrected chi connectivity index (χ0v) is 8.03. The molecule has 0 spiro atoms. The molecule has 0 bridgehead atoms. The maximum absolute atomic E-state index is 11.2. The minimum atomic E-state index is -0.0340. The Morgan fingerprint density at radius 3 is 3.00 bits per heavy atom. The summed E-state index contributed by atoms with van der Waals surface area (Å²) in [4.78, 5) is 13.0. The van der Waals surface area contributed by atoms with E-state index >= 15 is 0 Å². The first kappa shape index (κ1) is 8.86. The van der Waals surface area contributed by atoms with Crippen LogP contribution in [0.3, 0.4) is 0 Å². The number of amides is 2. The molecule has 76 valence electrons. The molecule has 2 rings (SSSR count). The Morgan fingerprint density at radius 2 is 2.50 bits per heavy atom. The van der Waals surface area contributed by atoms with Crippen LogP contribution < -0.4 is 11.1 Å². The zero-order valence-electron chi connectivity index (χ0n) is 8.03. The van der Waals surface area contributed by atoms with Gasteiger partial charge in [-0.1, -0.05) is 0 Å². The molecule has 2 amide bonds. The van der Waals surface area contributed by atoms with Gasteiger partial charge in [0.2, 0.25) is 0 Å². The molecule has 0 radical (unpaired) electrons. The summed E-state index contributed by atoms with van der Waals surface area (Å²) in [6, 6.07) is -0.0340. The van der Waals surface area contributed by atoms with Crippen molar-refractivity contribution < 1.29 is 4.79 Å². The van der Waals surface area contributed by atoms with Crippen molar-refractivity contribution in [2.24, 2.45) is 7.05 Å². The first-order chi connectivity index (χ1) is 6.68. The monoisotopic (exact) mass is 195 g/mol. The van der Waals surface area contributed by atoms with Crippen molar-refractivity contribution in [1.29, 1.82) is 0 Å². The smallest absolute Gasteiger partial charge is 0.317 e. The third kappa shape index (κ3) is 1.39. The van der Waals surface area contributed by atoms with Crippen molar-refractivity contribution >= 4 is 11.8 Å². The molecule has 6 heteroatoms. The Morgan fingerprint density at radius 1 is 1.71 bits per heavy atom. The molecule has 2 heterocycles. The predicted octanol–water partition coefficient (Wildman–Crippen LogP) is -0.473. The highest BCUT2D eigenvalue weighted by molar-refractivity contribution is 5.76. The summed E-state index contributed by atoms with van der Waals surface area (Å²) < 4.78 is 1.60. The number of carbonyl (C=O) groups excluding carboxylic acids is 1. The molecule has 0 unspecified atom stereocenters. The fraction of sp³-hybridized carbons (Fsp3) is 0.500. The lowest BCUT2D eigenvalue weighted by Gasteiger charge is -2.12. The Labute approximate surface area is 81.7 Å². The van der Waals surface area contributed by atoms with Crippen molar-refractivity contribution in [1.82, 2.24) is 20.0 Å². The first-order valence-corrected chi connectivity index (χ1v) is 4.47. The quantitative estimate of drug-likeness (QED) is 0.669. The summed E-state index contributed by atoms with van der Waals surface area (Å²) >= 11 is 0. The van der Waals surface area contributed by atoms with E-state index in [1.54, 1.807) is 22.8 Å². The van der Waals surface area contributed by atoms with E-state index in [2.05, 4.69) is 10.4 Å². The van der Waals surface area contributed by atoms with E-state index in [0.717, 1.165) is 12.1 Å². The number of aromatic nitrogens is 2. The molecule has 3 N–H and O–H groups in total. The minimum absolute atomic E-state index is 0.0340. The van der Waals surface area contributed by atoms with Gasteiger partial charge < -0.3 is 16.0 Å². The van der Waals surface area contributed by atoms with E-state index < -0.39 is 0 Å². The second-order valence-electron chi connectivity index (χ2n) is 3.33. The van der Waals surface area contributed by atoms with E-state index in [9.17, 15) is 4.79 Å². The highest BCUT2D eigenvalue weighted by atomic mass is 16.2. The third-order valence-electron chi connectivity index (χ3n) is 2.37. The lowest BCUT2D eigenvalue weighted by molar-refractivity contribution is 0.215. The lowest BCUT2D eigenvalue weighted by Crippen LogP contribution is -2.27. The van der Waals surface area contributed by atoms with Crippen LogP contribution in [0.2, 0.25) is 0 Å². The average molecular weight is 195 g/mol. The number of nitrogen functional groups attached to an aromatic ring is 1. The molecule has 0 atom stereocenters. The van der Waals surface area contributed by atoms with Gasteiger partial charge in [0.1, 0.15) is 5.82 Å². The summed E-state index contributed by atoms with van der Waals surface area (Å²) in [6.45, 7) is 1.97. The molecule has 1 aromatic rings. The van der Waals surface area contributed by atoms with Crippen LogP contribution in [0.15, 0.2) is 6.20 Å². The molecular weight excluding hydrogens is 182 g/mol. The Balaban J connectivity index is 2.10. The molecule has 1 aliphatic heterocycles. The van der Waals surface area contributed by atoms with Gasteiger partial charge in [-0.05, 0) is 0 Å². The summed E-state index contributed by atoms with van der Waals surface area (Å²) in [5.74, 6) is 0.615. The van der Waals surface area contributed by atoms with Gasteiger partial charge in [0.25, 0.3) is 0 Å². The number of nitrogens with zero attached hydrogens (tertiary/aromatic N) is 3. The number of urea groups is 1. The van der Waals surface area contributed by atoms with Gasteiger partial charge in [-0.2, -0.15) is 5.10 Å². The molecular formula is C8H13N5O. The number of carbonyl (C=O) groups is 1. The standard InChI is InChI=1S/C8H13N5O/c1-12-7(9)6(4-11-12)5-13-3-2-10-8(13)14/h4H,2-3,5,9H2,1H3,(H,10,14). The largest absolute Gasteiger partial charge is 0.384 e. The molecule has 0 aliphatic carbocycles. The van der Waals surface area contributed by atoms with Crippen LogP contribution in [0.25, 0.3) is 0 Å². The second kappa shape index (κ2) is 3.21. The highest BCUT2D eigenvalue weighted by Gasteiger charge is 2.20. The molecule has 6 nitrogen and oxygen atoms in total. The molecule has 1 aliphatic rings. The Bertz CT molecular complexity index is 359. The third-order valence-corrected chi connectivity index (χ3v) is 2.37. The van der Waals surface area contributed by atoms with Crippen LogP contribution in [0, 0.1) is 0 Å². The molecule has 0 saturated carbocycles. The average Bonchev–Trinajstić information content (AvgIpc) is 2.68. The van der Waals surface area contributed by atoms with Gasteiger partial charge in [0.15, 0.2) is 0 Å². The summed E-state index contributed by atoms with van der Waals surface area (Å²) in [7, 11) is 1.78. The second-order valence-corrected chi connectivity index (χ2v) is 3.33. The molecule has 14 heavy (non-hydrogen) atoms. The van der Waals surface area contributed by atoms with Gasteiger partial charge in [-0.25, -0.2) is 4.79 Å². The number of anilines is 1. The summed E-state index contributed by atoms with van der Waals surface area (Å²) in [6.07, 6.45) is 1.70. The van der Waals surface area contributed by atoms with Gasteiger partial charge in [-0.15, -0.1) is 0 Å². The van der Waals surface area contributed by atoms with Crippen LogP contribution >= 0.6 is 0 Å². The molecule has 1 aromatic heterocycles. The molecule has 1 saturated heterocycles. The fourth-order valence-electron chi connectivity index (χ4n) is 1.48. The van der Waals surface area contributed by atoms with Crippen LogP contribution in [0.1, 0.15) is 5.56 Å². The Hall–Kier alpha value is -1.72. The van der Waals surface area contributed by atoms with Crippen LogP contribution in [0.5, 0.6) is 0 Å². The highest BCUT2D eigenvalue weighted by Crippen LogP contribution is 2.13. The number of rotatable bonds is 2. The van der Waals surface area contributed by atoms with Crippen molar-refractivity contribution in [3.05, 3.63) is 11.8 Å². The number of hydrogen-bond acceptors (Lipinski definition) is 3.